The first-order chi connectivity index (χ1) is 15.3. The van der Waals surface area contributed by atoms with Crippen molar-refractivity contribution in [3.05, 3.63) is 30.4 Å². The standard InChI is InChI=1S/C19H20F2N8O2S/c1-11(30)24-15-9-13(25-14-3-4-22-17(26-14)19(2,20)21)12(10-23-15)16-27-28-18(32-16)29-5-7-31-8-6-29/h3-4,9-10H,5-8H2,1-2H3,(H2,22,23,24,25,26,30). The van der Waals surface area contributed by atoms with Crippen LogP contribution in [0.2, 0.25) is 0 Å². The second-order valence-corrected chi connectivity index (χ2v) is 8.02. The Hall–Kier alpha value is -3.32. The van der Waals surface area contributed by atoms with E-state index in [9.17, 15) is 13.6 Å². The molecule has 0 unspecified atom stereocenters. The molecule has 13 heteroatoms. The van der Waals surface area contributed by atoms with Crippen molar-refractivity contribution in [2.75, 3.05) is 41.8 Å². The first-order valence-electron chi connectivity index (χ1n) is 9.72. The molecule has 168 valence electrons. The molecular weight excluding hydrogens is 442 g/mol. The average molecular weight is 462 g/mol. The number of halogens is 2. The van der Waals surface area contributed by atoms with E-state index in [4.69, 9.17) is 4.74 Å². The average Bonchev–Trinajstić information content (AvgIpc) is 3.24. The van der Waals surface area contributed by atoms with Crippen LogP contribution in [0, 0.1) is 0 Å². The summed E-state index contributed by atoms with van der Waals surface area (Å²) in [4.78, 5) is 25.3. The van der Waals surface area contributed by atoms with Gasteiger partial charge in [0.2, 0.25) is 16.9 Å². The Kier molecular flexibility index (Phi) is 6.19. The number of rotatable bonds is 6. The highest BCUT2D eigenvalue weighted by molar-refractivity contribution is 7.18. The minimum absolute atomic E-state index is 0.163. The Bertz CT molecular complexity index is 1110. The number of anilines is 4. The van der Waals surface area contributed by atoms with E-state index in [1.54, 1.807) is 6.07 Å². The predicted octanol–water partition coefficient (Wildman–Crippen LogP) is 3.04. The second-order valence-electron chi connectivity index (χ2n) is 7.06. The van der Waals surface area contributed by atoms with Gasteiger partial charge in [0.1, 0.15) is 11.6 Å². The highest BCUT2D eigenvalue weighted by Crippen LogP contribution is 2.36. The first-order valence-corrected chi connectivity index (χ1v) is 10.5. The predicted molar refractivity (Wildman–Crippen MR) is 115 cm³/mol. The van der Waals surface area contributed by atoms with Crippen LogP contribution in [0.5, 0.6) is 0 Å². The highest BCUT2D eigenvalue weighted by Gasteiger charge is 2.28. The number of carbonyl (C=O) groups excluding carboxylic acids is 1. The minimum Gasteiger partial charge on any atom is -0.378 e. The van der Waals surface area contributed by atoms with E-state index in [2.05, 4.69) is 40.7 Å². The van der Waals surface area contributed by atoms with Crippen LogP contribution in [-0.4, -0.2) is 57.4 Å². The number of alkyl halides is 2. The van der Waals surface area contributed by atoms with Crippen molar-refractivity contribution < 1.29 is 18.3 Å². The molecule has 4 heterocycles. The number of hydrogen-bond donors (Lipinski definition) is 2. The molecular formula is C19H20F2N8O2S. The lowest BCUT2D eigenvalue weighted by atomic mass is 10.2. The van der Waals surface area contributed by atoms with Gasteiger partial charge in [0, 0.05) is 45.4 Å². The zero-order valence-electron chi connectivity index (χ0n) is 17.3. The number of amides is 1. The second kappa shape index (κ2) is 9.04. The maximum atomic E-state index is 13.7. The number of hydrogen-bond acceptors (Lipinski definition) is 10. The zero-order chi connectivity index (χ0) is 22.7. The van der Waals surface area contributed by atoms with E-state index in [1.807, 2.05) is 0 Å². The zero-order valence-corrected chi connectivity index (χ0v) is 18.1. The van der Waals surface area contributed by atoms with Crippen molar-refractivity contribution in [1.82, 2.24) is 25.1 Å². The van der Waals surface area contributed by atoms with Crippen LogP contribution in [0.1, 0.15) is 19.7 Å². The third-order valence-electron chi connectivity index (χ3n) is 4.45. The summed E-state index contributed by atoms with van der Waals surface area (Å²) < 4.78 is 32.7. The molecule has 0 aliphatic carbocycles. The number of ether oxygens (including phenoxy) is 1. The van der Waals surface area contributed by atoms with Gasteiger partial charge in [0.05, 0.1) is 24.5 Å². The molecule has 2 N–H and O–H groups in total. The number of pyridine rings is 1. The summed E-state index contributed by atoms with van der Waals surface area (Å²) >= 11 is 1.37. The van der Waals surface area contributed by atoms with Gasteiger partial charge in [0.15, 0.2) is 5.01 Å². The van der Waals surface area contributed by atoms with Crippen LogP contribution in [0.25, 0.3) is 10.6 Å². The fraction of sp³-hybridized carbons (Fsp3) is 0.368. The van der Waals surface area contributed by atoms with E-state index < -0.39 is 11.7 Å². The van der Waals surface area contributed by atoms with Gasteiger partial charge < -0.3 is 20.3 Å². The molecule has 1 aliphatic heterocycles. The number of nitrogens with one attached hydrogen (secondary N) is 2. The van der Waals surface area contributed by atoms with Gasteiger partial charge in [-0.3, -0.25) is 4.79 Å². The summed E-state index contributed by atoms with van der Waals surface area (Å²) in [5.41, 5.74) is 1.05. The van der Waals surface area contributed by atoms with Crippen LogP contribution in [0.4, 0.5) is 31.2 Å². The van der Waals surface area contributed by atoms with Crippen molar-refractivity contribution in [3.8, 4) is 10.6 Å². The molecule has 1 saturated heterocycles. The molecule has 0 saturated carbocycles. The Labute approximate surface area is 186 Å². The summed E-state index contributed by atoms with van der Waals surface area (Å²) in [6.45, 7) is 4.76. The smallest absolute Gasteiger partial charge is 0.303 e. The molecule has 3 aromatic rings. The Balaban J connectivity index is 1.68. The number of morpholine rings is 1. The maximum absolute atomic E-state index is 13.7. The Morgan fingerprint density at radius 2 is 2.00 bits per heavy atom. The highest BCUT2D eigenvalue weighted by atomic mass is 32.1. The molecule has 0 bridgehead atoms. The largest absolute Gasteiger partial charge is 0.378 e. The molecule has 0 radical (unpaired) electrons. The molecule has 4 rings (SSSR count). The van der Waals surface area contributed by atoms with Crippen molar-refractivity contribution in [1.29, 1.82) is 0 Å². The van der Waals surface area contributed by atoms with E-state index in [1.165, 1.54) is 36.7 Å². The molecule has 3 aromatic heterocycles. The molecule has 1 aliphatic rings. The fourth-order valence-corrected chi connectivity index (χ4v) is 3.88. The Morgan fingerprint density at radius 3 is 2.72 bits per heavy atom. The first kappa shape index (κ1) is 21.9. The summed E-state index contributed by atoms with van der Waals surface area (Å²) in [5, 5.41) is 15.5. The van der Waals surface area contributed by atoms with Crippen LogP contribution < -0.4 is 15.5 Å². The van der Waals surface area contributed by atoms with Gasteiger partial charge in [-0.2, -0.15) is 8.78 Å². The number of carbonyl (C=O) groups is 1. The lowest BCUT2D eigenvalue weighted by Gasteiger charge is -2.25. The van der Waals surface area contributed by atoms with Gasteiger partial charge in [0.25, 0.3) is 0 Å². The third-order valence-corrected chi connectivity index (χ3v) is 5.46. The van der Waals surface area contributed by atoms with E-state index in [-0.39, 0.29) is 17.5 Å². The van der Waals surface area contributed by atoms with Crippen molar-refractivity contribution in [2.45, 2.75) is 19.8 Å². The molecule has 32 heavy (non-hydrogen) atoms. The van der Waals surface area contributed by atoms with Gasteiger partial charge in [-0.15, -0.1) is 10.2 Å². The summed E-state index contributed by atoms with van der Waals surface area (Å²) in [7, 11) is 0. The Morgan fingerprint density at radius 1 is 1.22 bits per heavy atom. The maximum Gasteiger partial charge on any atom is 0.303 e. The molecule has 0 atom stereocenters. The quantitative estimate of drug-likeness (QED) is 0.570. The van der Waals surface area contributed by atoms with Gasteiger partial charge in [-0.1, -0.05) is 11.3 Å². The van der Waals surface area contributed by atoms with Gasteiger partial charge >= 0.3 is 5.92 Å². The van der Waals surface area contributed by atoms with Crippen molar-refractivity contribution >= 4 is 39.7 Å². The van der Waals surface area contributed by atoms with Crippen molar-refractivity contribution in [3.63, 3.8) is 0 Å². The minimum atomic E-state index is -3.19. The summed E-state index contributed by atoms with van der Waals surface area (Å²) in [6.07, 6.45) is 2.78. The number of nitrogens with zero attached hydrogens (tertiary/aromatic N) is 6. The van der Waals surface area contributed by atoms with Crippen LogP contribution in [0.3, 0.4) is 0 Å². The lowest BCUT2D eigenvalue weighted by molar-refractivity contribution is -0.114. The SMILES string of the molecule is CC(=O)Nc1cc(Nc2ccnc(C(C)(F)F)n2)c(-c2nnc(N3CCOCC3)s2)cn1. The fourth-order valence-electron chi connectivity index (χ4n) is 2.96. The van der Waals surface area contributed by atoms with Crippen LogP contribution in [0.15, 0.2) is 24.5 Å². The van der Waals surface area contributed by atoms with E-state index in [0.29, 0.717) is 42.6 Å². The third kappa shape index (κ3) is 5.11. The number of aromatic nitrogens is 5. The molecule has 0 spiro atoms. The van der Waals surface area contributed by atoms with Gasteiger partial charge in [-0.05, 0) is 6.07 Å². The normalized spacial score (nSPS) is 14.3. The summed E-state index contributed by atoms with van der Waals surface area (Å²) in [6, 6.07) is 3.05. The molecule has 1 amide bonds. The topological polar surface area (TPSA) is 118 Å². The van der Waals surface area contributed by atoms with Crippen LogP contribution in [-0.2, 0) is 15.5 Å². The van der Waals surface area contributed by atoms with Crippen molar-refractivity contribution in [2.24, 2.45) is 0 Å². The van der Waals surface area contributed by atoms with Gasteiger partial charge in [-0.25, -0.2) is 15.0 Å². The monoisotopic (exact) mass is 462 g/mol. The molecule has 1 fully saturated rings. The van der Waals surface area contributed by atoms with E-state index >= 15 is 0 Å². The summed E-state index contributed by atoms with van der Waals surface area (Å²) in [5.74, 6) is -3.64. The van der Waals surface area contributed by atoms with Crippen LogP contribution >= 0.6 is 11.3 Å². The van der Waals surface area contributed by atoms with E-state index in [0.717, 1.165) is 12.1 Å². The molecule has 0 aromatic carbocycles. The lowest BCUT2D eigenvalue weighted by Crippen LogP contribution is -2.36. The molecule has 10 nitrogen and oxygen atoms in total.